The van der Waals surface area contributed by atoms with Crippen molar-refractivity contribution in [3.05, 3.63) is 25.3 Å². The molecule has 2 aromatic rings. The first-order chi connectivity index (χ1) is 17.6. The van der Waals surface area contributed by atoms with Crippen LogP contribution in [0.2, 0.25) is 0 Å². The standard InChI is InChI=1S/C27H39N5O6/c1-10-11-12-16-13-17(20-19(16)35-27(8,9)36-20)31-15-30-18-21(31)28-14-29-22(18)32(23(33)37-25(2,3)4)24(34)38-26(5,6)7/h10,14-17,19-20H,1,11-13H2,2-9H3/t16-,17+,19+,20-/m0/s1. The third kappa shape index (κ3) is 5.83. The minimum Gasteiger partial charge on any atom is -0.443 e. The monoisotopic (exact) mass is 529 g/mol. The normalized spacial score (nSPS) is 24.7. The number of hydrogen-bond acceptors (Lipinski definition) is 9. The molecule has 0 spiro atoms. The number of nitrogens with zero attached hydrogens (tertiary/aromatic N) is 5. The van der Waals surface area contributed by atoms with Crippen LogP contribution in [0.1, 0.15) is 80.7 Å². The predicted molar refractivity (Wildman–Crippen MR) is 141 cm³/mol. The molecule has 0 N–H and O–H groups in total. The van der Waals surface area contributed by atoms with Gasteiger partial charge in [0.1, 0.15) is 23.6 Å². The van der Waals surface area contributed by atoms with Gasteiger partial charge in [-0.2, -0.15) is 4.90 Å². The van der Waals surface area contributed by atoms with E-state index in [-0.39, 0.29) is 35.5 Å². The third-order valence-corrected chi connectivity index (χ3v) is 6.35. The Morgan fingerprint density at radius 3 is 2.26 bits per heavy atom. The number of fused-ring (bicyclic) bond motifs is 2. The smallest absolute Gasteiger partial charge is 0.425 e. The maximum atomic E-state index is 13.2. The van der Waals surface area contributed by atoms with Crippen LogP contribution in [0.15, 0.2) is 25.3 Å². The summed E-state index contributed by atoms with van der Waals surface area (Å²) in [5.74, 6) is -0.455. The van der Waals surface area contributed by atoms with Gasteiger partial charge in [0.05, 0.1) is 18.5 Å². The average Bonchev–Trinajstić information content (AvgIpc) is 3.41. The van der Waals surface area contributed by atoms with E-state index < -0.39 is 29.2 Å². The van der Waals surface area contributed by atoms with Crippen LogP contribution in [0.4, 0.5) is 15.4 Å². The van der Waals surface area contributed by atoms with Gasteiger partial charge >= 0.3 is 12.2 Å². The van der Waals surface area contributed by atoms with Crippen molar-refractivity contribution in [2.45, 2.75) is 110 Å². The summed E-state index contributed by atoms with van der Waals surface area (Å²) in [5.41, 5.74) is -0.967. The molecule has 208 valence electrons. The van der Waals surface area contributed by atoms with Gasteiger partial charge in [-0.3, -0.25) is 0 Å². The number of aromatic nitrogens is 4. The van der Waals surface area contributed by atoms with Crippen LogP contribution in [0.25, 0.3) is 11.2 Å². The van der Waals surface area contributed by atoms with Gasteiger partial charge in [-0.1, -0.05) is 6.08 Å². The number of hydrogen-bond donors (Lipinski definition) is 0. The zero-order chi connectivity index (χ0) is 28.0. The molecule has 2 amide bonds. The lowest BCUT2D eigenvalue weighted by Gasteiger charge is -2.28. The van der Waals surface area contributed by atoms with Gasteiger partial charge in [-0.05, 0) is 80.6 Å². The summed E-state index contributed by atoms with van der Waals surface area (Å²) in [7, 11) is 0. The molecule has 11 heteroatoms. The molecule has 0 bridgehead atoms. The van der Waals surface area contributed by atoms with E-state index in [1.807, 2.05) is 24.5 Å². The van der Waals surface area contributed by atoms with Crippen LogP contribution in [0.3, 0.4) is 0 Å². The predicted octanol–water partition coefficient (Wildman–Crippen LogP) is 5.55. The van der Waals surface area contributed by atoms with E-state index in [9.17, 15) is 9.59 Å². The van der Waals surface area contributed by atoms with E-state index >= 15 is 0 Å². The summed E-state index contributed by atoms with van der Waals surface area (Å²) >= 11 is 0. The van der Waals surface area contributed by atoms with Gasteiger partial charge in [0.2, 0.25) is 0 Å². The fourth-order valence-corrected chi connectivity index (χ4v) is 5.05. The average molecular weight is 530 g/mol. The maximum absolute atomic E-state index is 13.2. The lowest BCUT2D eigenvalue weighted by Crippen LogP contribution is -2.44. The molecule has 0 aromatic carbocycles. The van der Waals surface area contributed by atoms with E-state index in [0.717, 1.165) is 24.2 Å². The first kappa shape index (κ1) is 28.0. The van der Waals surface area contributed by atoms with Crippen LogP contribution in [0.5, 0.6) is 0 Å². The largest absolute Gasteiger partial charge is 0.443 e. The van der Waals surface area contributed by atoms with Crippen molar-refractivity contribution in [3.8, 4) is 0 Å². The van der Waals surface area contributed by atoms with Crippen molar-refractivity contribution >= 4 is 29.2 Å². The topological polar surface area (TPSA) is 118 Å². The van der Waals surface area contributed by atoms with Gasteiger partial charge in [-0.25, -0.2) is 24.5 Å². The number of amides is 2. The van der Waals surface area contributed by atoms with E-state index in [1.165, 1.54) is 6.33 Å². The van der Waals surface area contributed by atoms with Crippen molar-refractivity contribution in [2.75, 3.05) is 4.90 Å². The molecular formula is C27H39N5O6. The summed E-state index contributed by atoms with van der Waals surface area (Å²) in [6.07, 6.45) is 5.36. The molecule has 1 saturated carbocycles. The van der Waals surface area contributed by atoms with Gasteiger partial charge in [0.25, 0.3) is 0 Å². The Labute approximate surface area is 223 Å². The quantitative estimate of drug-likeness (QED) is 0.459. The second kappa shape index (κ2) is 9.92. The third-order valence-electron chi connectivity index (χ3n) is 6.35. The number of carbonyl (C=O) groups excluding carboxylic acids is 2. The first-order valence-electron chi connectivity index (χ1n) is 13.0. The van der Waals surface area contributed by atoms with Crippen LogP contribution in [-0.4, -0.2) is 60.9 Å². The van der Waals surface area contributed by atoms with Gasteiger partial charge in [0.15, 0.2) is 22.8 Å². The van der Waals surface area contributed by atoms with Gasteiger partial charge in [-0.15, -0.1) is 6.58 Å². The second-order valence-corrected chi connectivity index (χ2v) is 12.3. The Kier molecular flexibility index (Phi) is 7.30. The van der Waals surface area contributed by atoms with Crippen LogP contribution < -0.4 is 4.90 Å². The molecule has 2 aliphatic rings. The molecule has 38 heavy (non-hydrogen) atoms. The van der Waals surface area contributed by atoms with E-state index in [1.54, 1.807) is 47.9 Å². The molecule has 0 unspecified atom stereocenters. The highest BCUT2D eigenvalue weighted by molar-refractivity contribution is 6.12. The van der Waals surface area contributed by atoms with Crippen LogP contribution in [0, 0.1) is 5.92 Å². The fraction of sp³-hybridized carbons (Fsp3) is 0.667. The highest BCUT2D eigenvalue weighted by Gasteiger charge is 2.54. The van der Waals surface area contributed by atoms with E-state index in [4.69, 9.17) is 18.9 Å². The van der Waals surface area contributed by atoms with Crippen molar-refractivity contribution in [1.29, 1.82) is 0 Å². The molecule has 1 saturated heterocycles. The zero-order valence-electron chi connectivity index (χ0n) is 23.6. The number of rotatable bonds is 5. The van der Waals surface area contributed by atoms with Crippen LogP contribution >= 0.6 is 0 Å². The Morgan fingerprint density at radius 2 is 1.68 bits per heavy atom. The second-order valence-electron chi connectivity index (χ2n) is 12.3. The summed E-state index contributed by atoms with van der Waals surface area (Å²) in [6, 6.07) is -0.110. The maximum Gasteiger partial charge on any atom is 0.425 e. The lowest BCUT2D eigenvalue weighted by molar-refractivity contribution is -0.160. The Balaban J connectivity index is 1.75. The molecule has 4 atom stereocenters. The van der Waals surface area contributed by atoms with Gasteiger partial charge in [0, 0.05) is 0 Å². The number of allylic oxidation sites excluding steroid dienone is 1. The Morgan fingerprint density at radius 1 is 1.08 bits per heavy atom. The van der Waals surface area contributed by atoms with Crippen molar-refractivity contribution in [1.82, 2.24) is 19.5 Å². The molecule has 2 aromatic heterocycles. The Hall–Kier alpha value is -3.05. The summed E-state index contributed by atoms with van der Waals surface area (Å²) < 4.78 is 25.6. The molecular weight excluding hydrogens is 490 g/mol. The highest BCUT2D eigenvalue weighted by Crippen LogP contribution is 2.49. The molecule has 1 aliphatic carbocycles. The minimum absolute atomic E-state index is 0.0149. The number of imidazole rings is 1. The van der Waals surface area contributed by atoms with E-state index in [0.29, 0.717) is 5.65 Å². The number of ether oxygens (including phenoxy) is 4. The summed E-state index contributed by atoms with van der Waals surface area (Å²) in [5, 5.41) is 0. The Bertz CT molecular complexity index is 1180. The SMILES string of the molecule is C=CCC[C@H]1C[C@@H](n2cnc3c(N(C(=O)OC(C)(C)C)C(=O)OC(C)(C)C)ncnc32)[C@@H]2OC(C)(C)O[C@H]12. The fourth-order valence-electron chi connectivity index (χ4n) is 5.05. The van der Waals surface area contributed by atoms with Crippen molar-refractivity contribution in [2.24, 2.45) is 5.92 Å². The molecule has 0 radical (unpaired) electrons. The van der Waals surface area contributed by atoms with Crippen molar-refractivity contribution < 1.29 is 28.5 Å². The molecule has 1 aliphatic heterocycles. The number of anilines is 1. The molecule has 3 heterocycles. The minimum atomic E-state index is -0.916. The van der Waals surface area contributed by atoms with Crippen molar-refractivity contribution in [3.63, 3.8) is 0 Å². The summed E-state index contributed by atoms with van der Waals surface area (Å²) in [6.45, 7) is 18.0. The lowest BCUT2D eigenvalue weighted by atomic mass is 9.99. The highest BCUT2D eigenvalue weighted by atomic mass is 16.8. The first-order valence-corrected chi connectivity index (χ1v) is 13.0. The zero-order valence-corrected chi connectivity index (χ0v) is 23.6. The number of imide groups is 1. The molecule has 4 rings (SSSR count). The molecule has 2 fully saturated rings. The van der Waals surface area contributed by atoms with E-state index in [2.05, 4.69) is 21.5 Å². The number of carbonyl (C=O) groups is 2. The van der Waals surface area contributed by atoms with Gasteiger partial charge < -0.3 is 23.5 Å². The molecule has 11 nitrogen and oxygen atoms in total. The summed E-state index contributed by atoms with van der Waals surface area (Å²) in [4.78, 5) is 40.5. The van der Waals surface area contributed by atoms with Crippen LogP contribution in [-0.2, 0) is 18.9 Å².